The zero-order valence-electron chi connectivity index (χ0n) is 14.7. The molecule has 0 saturated heterocycles. The second-order valence-electron chi connectivity index (χ2n) is 6.32. The van der Waals surface area contributed by atoms with Crippen molar-refractivity contribution in [2.45, 2.75) is 11.4 Å². The summed E-state index contributed by atoms with van der Waals surface area (Å²) in [6.45, 7) is 0.476. The minimum atomic E-state index is -3.23. The van der Waals surface area contributed by atoms with Crippen molar-refractivity contribution in [3.8, 4) is 11.3 Å². The van der Waals surface area contributed by atoms with E-state index in [4.69, 9.17) is 4.42 Å². The second kappa shape index (κ2) is 6.89. The summed E-state index contributed by atoms with van der Waals surface area (Å²) in [6, 6.07) is 20.5. The molecule has 2 aromatic carbocycles. The number of pyridine rings is 1. The van der Waals surface area contributed by atoms with Crippen molar-refractivity contribution in [2.75, 3.05) is 11.6 Å². The van der Waals surface area contributed by atoms with Crippen LogP contribution in [0.3, 0.4) is 0 Å². The quantitative estimate of drug-likeness (QED) is 0.553. The Bertz CT molecular complexity index is 1200. The maximum atomic E-state index is 11.7. The fourth-order valence-electron chi connectivity index (χ4n) is 2.91. The largest absolute Gasteiger partial charge is 0.452 e. The summed E-state index contributed by atoms with van der Waals surface area (Å²) in [5, 5.41) is 3.32. The molecule has 0 aliphatic carbocycles. The summed E-state index contributed by atoms with van der Waals surface area (Å²) in [5.41, 5.74) is 4.12. The average molecular weight is 378 g/mol. The van der Waals surface area contributed by atoms with Gasteiger partial charge in [0.25, 0.3) is 0 Å². The normalized spacial score (nSPS) is 11.6. The highest BCUT2D eigenvalue weighted by Gasteiger charge is 2.11. The van der Waals surface area contributed by atoms with Gasteiger partial charge in [-0.2, -0.15) is 0 Å². The van der Waals surface area contributed by atoms with Crippen LogP contribution in [0.1, 0.15) is 5.56 Å². The summed E-state index contributed by atoms with van der Waals surface area (Å²) < 4.78 is 29.5. The van der Waals surface area contributed by atoms with Gasteiger partial charge in [0, 0.05) is 30.6 Å². The zero-order valence-corrected chi connectivity index (χ0v) is 15.5. The lowest BCUT2D eigenvalue weighted by atomic mass is 10.2. The monoisotopic (exact) mass is 378 g/mol. The number of anilines is 1. The van der Waals surface area contributed by atoms with E-state index in [1.807, 2.05) is 48.5 Å². The van der Waals surface area contributed by atoms with E-state index >= 15 is 0 Å². The van der Waals surface area contributed by atoms with Gasteiger partial charge in [0.2, 0.25) is 0 Å². The predicted octanol–water partition coefficient (Wildman–Crippen LogP) is 4.51. The standard InChI is InChI=1S/C21H18N2O3S/c1-27(24,25)17-9-5-6-15(12-17)14-23-18-10-11-22-19-13-20(26-21(18)19)16-7-3-2-4-8-16/h2-13H,14H2,1H3,(H,22,23). The first-order chi connectivity index (χ1) is 13.0. The number of hydrogen-bond acceptors (Lipinski definition) is 5. The molecule has 5 nitrogen and oxygen atoms in total. The number of benzene rings is 2. The molecule has 0 amide bonds. The van der Waals surface area contributed by atoms with E-state index in [2.05, 4.69) is 10.3 Å². The van der Waals surface area contributed by atoms with Gasteiger partial charge in [-0.1, -0.05) is 42.5 Å². The summed E-state index contributed by atoms with van der Waals surface area (Å²) in [4.78, 5) is 4.69. The smallest absolute Gasteiger partial charge is 0.176 e. The van der Waals surface area contributed by atoms with Crippen LogP contribution >= 0.6 is 0 Å². The molecule has 2 aromatic heterocycles. The molecule has 27 heavy (non-hydrogen) atoms. The van der Waals surface area contributed by atoms with Crippen LogP contribution in [0.15, 0.2) is 82.2 Å². The lowest BCUT2D eigenvalue weighted by Gasteiger charge is -2.08. The van der Waals surface area contributed by atoms with E-state index in [0.29, 0.717) is 17.0 Å². The third-order valence-electron chi connectivity index (χ3n) is 4.28. The van der Waals surface area contributed by atoms with Gasteiger partial charge in [-0.25, -0.2) is 8.42 Å². The van der Waals surface area contributed by atoms with Crippen LogP contribution < -0.4 is 5.32 Å². The van der Waals surface area contributed by atoms with Crippen molar-refractivity contribution in [3.63, 3.8) is 0 Å². The van der Waals surface area contributed by atoms with E-state index in [9.17, 15) is 8.42 Å². The maximum Gasteiger partial charge on any atom is 0.176 e. The molecule has 0 unspecified atom stereocenters. The highest BCUT2D eigenvalue weighted by atomic mass is 32.2. The third-order valence-corrected chi connectivity index (χ3v) is 5.39. The zero-order chi connectivity index (χ0) is 18.9. The fraction of sp³-hybridized carbons (Fsp3) is 0.0952. The molecule has 2 heterocycles. The molecule has 0 aliphatic heterocycles. The number of fused-ring (bicyclic) bond motifs is 1. The fourth-order valence-corrected chi connectivity index (χ4v) is 3.60. The topological polar surface area (TPSA) is 72.2 Å². The van der Waals surface area contributed by atoms with Gasteiger partial charge >= 0.3 is 0 Å². The molecular weight excluding hydrogens is 360 g/mol. The molecule has 0 atom stereocenters. The first-order valence-electron chi connectivity index (χ1n) is 8.47. The second-order valence-corrected chi connectivity index (χ2v) is 8.34. The number of aromatic nitrogens is 1. The van der Waals surface area contributed by atoms with Crippen molar-refractivity contribution in [2.24, 2.45) is 0 Å². The van der Waals surface area contributed by atoms with Crippen LogP contribution in [-0.2, 0) is 16.4 Å². The Morgan fingerprint density at radius 1 is 1.00 bits per heavy atom. The van der Waals surface area contributed by atoms with E-state index in [0.717, 1.165) is 28.1 Å². The van der Waals surface area contributed by atoms with Gasteiger partial charge in [0.1, 0.15) is 11.3 Å². The molecule has 4 aromatic rings. The minimum absolute atomic E-state index is 0.311. The van der Waals surface area contributed by atoms with Crippen LogP contribution in [0.2, 0.25) is 0 Å². The van der Waals surface area contributed by atoms with Crippen molar-refractivity contribution in [3.05, 3.63) is 78.5 Å². The lowest BCUT2D eigenvalue weighted by Crippen LogP contribution is -2.02. The van der Waals surface area contributed by atoms with Gasteiger partial charge in [-0.15, -0.1) is 0 Å². The number of hydrogen-bond donors (Lipinski definition) is 1. The Morgan fingerprint density at radius 2 is 1.81 bits per heavy atom. The van der Waals surface area contributed by atoms with Gasteiger partial charge in [-0.05, 0) is 23.8 Å². The van der Waals surface area contributed by atoms with Crippen LogP contribution in [0, 0.1) is 0 Å². The Morgan fingerprint density at radius 3 is 2.59 bits per heavy atom. The highest BCUT2D eigenvalue weighted by Crippen LogP contribution is 2.31. The molecule has 0 aliphatic rings. The average Bonchev–Trinajstić information content (AvgIpc) is 3.11. The summed E-state index contributed by atoms with van der Waals surface area (Å²) in [5.74, 6) is 0.756. The number of furan rings is 1. The predicted molar refractivity (Wildman–Crippen MR) is 106 cm³/mol. The molecule has 1 N–H and O–H groups in total. The Kier molecular flexibility index (Phi) is 4.41. The Hall–Kier alpha value is -3.12. The summed E-state index contributed by atoms with van der Waals surface area (Å²) in [7, 11) is -3.23. The number of nitrogens with one attached hydrogen (secondary N) is 1. The lowest BCUT2D eigenvalue weighted by molar-refractivity contribution is 0.601. The van der Waals surface area contributed by atoms with Gasteiger partial charge in [0.05, 0.1) is 10.6 Å². The molecule has 0 saturated carbocycles. The molecule has 4 rings (SSSR count). The molecular formula is C21H18N2O3S. The molecule has 136 valence electrons. The molecule has 0 bridgehead atoms. The van der Waals surface area contributed by atoms with Crippen LogP contribution in [0.5, 0.6) is 0 Å². The SMILES string of the molecule is CS(=O)(=O)c1cccc(CNc2ccnc3cc(-c4ccccc4)oc23)c1. The van der Waals surface area contributed by atoms with Gasteiger partial charge in [0.15, 0.2) is 15.4 Å². The Labute approximate surface area is 157 Å². The van der Waals surface area contributed by atoms with Gasteiger partial charge in [-0.3, -0.25) is 4.98 Å². The first-order valence-corrected chi connectivity index (χ1v) is 10.4. The van der Waals surface area contributed by atoms with E-state index in [1.54, 1.807) is 24.4 Å². The van der Waals surface area contributed by atoms with Crippen LogP contribution in [-0.4, -0.2) is 19.7 Å². The van der Waals surface area contributed by atoms with Crippen molar-refractivity contribution in [1.82, 2.24) is 4.98 Å². The van der Waals surface area contributed by atoms with Crippen molar-refractivity contribution >= 4 is 26.6 Å². The highest BCUT2D eigenvalue weighted by molar-refractivity contribution is 7.90. The van der Waals surface area contributed by atoms with Crippen molar-refractivity contribution < 1.29 is 12.8 Å². The summed E-state index contributed by atoms with van der Waals surface area (Å²) >= 11 is 0. The van der Waals surface area contributed by atoms with E-state index in [1.165, 1.54) is 6.26 Å². The number of rotatable bonds is 5. The first kappa shape index (κ1) is 17.3. The maximum absolute atomic E-state index is 11.7. The summed E-state index contributed by atoms with van der Waals surface area (Å²) in [6.07, 6.45) is 2.93. The van der Waals surface area contributed by atoms with Crippen LogP contribution in [0.25, 0.3) is 22.4 Å². The molecule has 0 spiro atoms. The Balaban J connectivity index is 1.62. The van der Waals surface area contributed by atoms with Crippen molar-refractivity contribution in [1.29, 1.82) is 0 Å². The molecule has 0 fully saturated rings. The van der Waals surface area contributed by atoms with E-state index in [-0.39, 0.29) is 0 Å². The number of sulfone groups is 1. The molecule has 0 radical (unpaired) electrons. The van der Waals surface area contributed by atoms with Gasteiger partial charge < -0.3 is 9.73 Å². The van der Waals surface area contributed by atoms with E-state index < -0.39 is 9.84 Å². The minimum Gasteiger partial charge on any atom is -0.452 e. The number of nitrogens with zero attached hydrogens (tertiary/aromatic N) is 1. The molecule has 6 heteroatoms. The third kappa shape index (κ3) is 3.71. The van der Waals surface area contributed by atoms with Crippen LogP contribution in [0.4, 0.5) is 5.69 Å².